The minimum absolute atomic E-state index is 0.0412. The molecule has 5 heteroatoms. The van der Waals surface area contributed by atoms with Crippen molar-refractivity contribution >= 4 is 28.6 Å². The van der Waals surface area contributed by atoms with Crippen LogP contribution in [-0.2, 0) is 11.3 Å². The molecule has 1 heterocycles. The van der Waals surface area contributed by atoms with Crippen molar-refractivity contribution < 1.29 is 9.90 Å². The smallest absolute Gasteiger partial charge is 0.305 e. The molecular formula is C11H11ClN2O2. The van der Waals surface area contributed by atoms with Crippen molar-refractivity contribution in [1.82, 2.24) is 9.55 Å². The lowest BCUT2D eigenvalue weighted by atomic mass is 10.2. The minimum atomic E-state index is -0.841. The van der Waals surface area contributed by atoms with Gasteiger partial charge in [-0.1, -0.05) is 12.1 Å². The lowest BCUT2D eigenvalue weighted by Crippen LogP contribution is -2.05. The summed E-state index contributed by atoms with van der Waals surface area (Å²) in [7, 11) is 0. The van der Waals surface area contributed by atoms with Gasteiger partial charge in [-0.2, -0.15) is 0 Å². The second kappa shape index (κ2) is 4.14. The summed E-state index contributed by atoms with van der Waals surface area (Å²) in [5, 5.41) is 9.01. The molecule has 4 nitrogen and oxygen atoms in total. The molecule has 1 aromatic heterocycles. The van der Waals surface area contributed by atoms with Gasteiger partial charge in [0.1, 0.15) is 0 Å². The number of carboxylic acids is 1. The van der Waals surface area contributed by atoms with Gasteiger partial charge in [0.25, 0.3) is 0 Å². The monoisotopic (exact) mass is 238 g/mol. The lowest BCUT2D eigenvalue weighted by Gasteiger charge is -2.05. The van der Waals surface area contributed by atoms with E-state index in [1.165, 1.54) is 0 Å². The van der Waals surface area contributed by atoms with Gasteiger partial charge in [0.15, 0.2) is 0 Å². The molecule has 0 unspecified atom stereocenters. The Morgan fingerprint density at radius 1 is 1.56 bits per heavy atom. The number of hydrogen-bond donors (Lipinski definition) is 1. The number of aromatic nitrogens is 2. The third-order valence-corrected chi connectivity index (χ3v) is 2.76. The maximum Gasteiger partial charge on any atom is 0.305 e. The average molecular weight is 239 g/mol. The van der Waals surface area contributed by atoms with Gasteiger partial charge in [0.2, 0.25) is 5.28 Å². The predicted octanol–water partition coefficient (Wildman–Crippen LogP) is 2.47. The van der Waals surface area contributed by atoms with E-state index < -0.39 is 5.97 Å². The summed E-state index contributed by atoms with van der Waals surface area (Å²) in [5.74, 6) is -0.841. The molecular weight excluding hydrogens is 228 g/mol. The molecule has 0 spiro atoms. The predicted molar refractivity (Wildman–Crippen MR) is 61.7 cm³/mol. The van der Waals surface area contributed by atoms with Crippen LogP contribution in [0.2, 0.25) is 5.28 Å². The van der Waals surface area contributed by atoms with Crippen LogP contribution in [-0.4, -0.2) is 20.6 Å². The third kappa shape index (κ3) is 1.88. The van der Waals surface area contributed by atoms with Crippen molar-refractivity contribution in [2.45, 2.75) is 19.9 Å². The zero-order chi connectivity index (χ0) is 11.7. The highest BCUT2D eigenvalue weighted by Gasteiger charge is 2.11. The van der Waals surface area contributed by atoms with Crippen LogP contribution in [0, 0.1) is 6.92 Å². The highest BCUT2D eigenvalue weighted by atomic mass is 35.5. The van der Waals surface area contributed by atoms with Gasteiger partial charge >= 0.3 is 5.97 Å². The fraction of sp³-hybridized carbons (Fsp3) is 0.273. The Hall–Kier alpha value is -1.55. The summed E-state index contributed by atoms with van der Waals surface area (Å²) in [6, 6.07) is 5.73. The lowest BCUT2D eigenvalue weighted by molar-refractivity contribution is -0.137. The van der Waals surface area contributed by atoms with E-state index in [2.05, 4.69) is 4.98 Å². The van der Waals surface area contributed by atoms with Gasteiger partial charge in [-0.25, -0.2) is 4.98 Å². The number of para-hydroxylation sites is 1. The van der Waals surface area contributed by atoms with Gasteiger partial charge in [-0.3, -0.25) is 4.79 Å². The molecule has 0 atom stereocenters. The van der Waals surface area contributed by atoms with Crippen molar-refractivity contribution in [3.8, 4) is 0 Å². The van der Waals surface area contributed by atoms with Gasteiger partial charge in [0, 0.05) is 6.54 Å². The molecule has 84 valence electrons. The number of imidazole rings is 1. The fourth-order valence-corrected chi connectivity index (χ4v) is 2.01. The number of aryl methyl sites for hydroxylation is 2. The summed E-state index contributed by atoms with van der Waals surface area (Å²) < 4.78 is 1.74. The van der Waals surface area contributed by atoms with Crippen molar-refractivity contribution in [1.29, 1.82) is 0 Å². The van der Waals surface area contributed by atoms with Gasteiger partial charge in [-0.05, 0) is 30.2 Å². The summed E-state index contributed by atoms with van der Waals surface area (Å²) in [4.78, 5) is 14.7. The van der Waals surface area contributed by atoms with E-state index in [4.69, 9.17) is 16.7 Å². The SMILES string of the molecule is Cc1cccc2nc(Cl)n(CCC(=O)O)c12. The number of nitrogens with zero attached hydrogens (tertiary/aromatic N) is 2. The van der Waals surface area contributed by atoms with Crippen LogP contribution in [0.15, 0.2) is 18.2 Å². The van der Waals surface area contributed by atoms with Crippen molar-refractivity contribution in [2.75, 3.05) is 0 Å². The first-order chi connectivity index (χ1) is 7.59. The molecule has 0 saturated carbocycles. The van der Waals surface area contributed by atoms with Gasteiger partial charge in [-0.15, -0.1) is 0 Å². The van der Waals surface area contributed by atoms with Crippen LogP contribution in [0.25, 0.3) is 11.0 Å². The van der Waals surface area contributed by atoms with Crippen LogP contribution >= 0.6 is 11.6 Å². The number of hydrogen-bond acceptors (Lipinski definition) is 2. The Bertz CT molecular complexity index is 548. The van der Waals surface area contributed by atoms with Crippen LogP contribution in [0.4, 0.5) is 0 Å². The second-order valence-electron chi connectivity index (χ2n) is 3.62. The Morgan fingerprint density at radius 2 is 2.31 bits per heavy atom. The molecule has 0 aliphatic heterocycles. The first kappa shape index (κ1) is 11.0. The average Bonchev–Trinajstić information content (AvgIpc) is 2.52. The Labute approximate surface area is 97.5 Å². The largest absolute Gasteiger partial charge is 0.481 e. The van der Waals surface area contributed by atoms with E-state index in [-0.39, 0.29) is 6.42 Å². The van der Waals surface area contributed by atoms with E-state index in [0.29, 0.717) is 11.8 Å². The molecule has 1 aromatic carbocycles. The molecule has 0 bridgehead atoms. The molecule has 0 aliphatic rings. The number of carbonyl (C=O) groups is 1. The number of halogens is 1. The van der Waals surface area contributed by atoms with E-state index in [1.807, 2.05) is 25.1 Å². The van der Waals surface area contributed by atoms with Crippen molar-refractivity contribution in [3.63, 3.8) is 0 Å². The number of rotatable bonds is 3. The maximum atomic E-state index is 10.5. The molecule has 0 saturated heterocycles. The van der Waals surface area contributed by atoms with Crippen LogP contribution in [0.3, 0.4) is 0 Å². The standard InChI is InChI=1S/C11H11ClN2O2/c1-7-3-2-4-8-10(7)14(11(12)13-8)6-5-9(15)16/h2-4H,5-6H2,1H3,(H,15,16). The van der Waals surface area contributed by atoms with Crippen LogP contribution in [0.1, 0.15) is 12.0 Å². The Balaban J connectivity index is 2.50. The molecule has 2 aromatic rings. The number of benzene rings is 1. The zero-order valence-corrected chi connectivity index (χ0v) is 9.53. The number of aliphatic carboxylic acids is 1. The quantitative estimate of drug-likeness (QED) is 0.894. The van der Waals surface area contributed by atoms with Crippen LogP contribution in [0.5, 0.6) is 0 Å². The van der Waals surface area contributed by atoms with Gasteiger partial charge in [0.05, 0.1) is 17.5 Å². The first-order valence-electron chi connectivity index (χ1n) is 4.92. The zero-order valence-electron chi connectivity index (χ0n) is 8.77. The minimum Gasteiger partial charge on any atom is -0.481 e. The van der Waals surface area contributed by atoms with Crippen molar-refractivity contribution in [2.24, 2.45) is 0 Å². The maximum absolute atomic E-state index is 10.5. The topological polar surface area (TPSA) is 55.1 Å². The highest BCUT2D eigenvalue weighted by molar-refractivity contribution is 6.29. The molecule has 1 N–H and O–H groups in total. The number of fused-ring (bicyclic) bond motifs is 1. The van der Waals surface area contributed by atoms with E-state index in [0.717, 1.165) is 16.6 Å². The van der Waals surface area contributed by atoms with Crippen LogP contribution < -0.4 is 0 Å². The molecule has 0 fully saturated rings. The third-order valence-electron chi connectivity index (χ3n) is 2.47. The van der Waals surface area contributed by atoms with E-state index in [1.54, 1.807) is 4.57 Å². The molecule has 0 aliphatic carbocycles. The van der Waals surface area contributed by atoms with E-state index >= 15 is 0 Å². The molecule has 0 radical (unpaired) electrons. The summed E-state index contributed by atoms with van der Waals surface area (Å²) in [6.07, 6.45) is 0.0412. The Kier molecular flexibility index (Phi) is 2.83. The normalized spacial score (nSPS) is 10.9. The Morgan fingerprint density at radius 3 is 3.00 bits per heavy atom. The fourth-order valence-electron chi connectivity index (χ4n) is 1.75. The first-order valence-corrected chi connectivity index (χ1v) is 5.30. The summed E-state index contributed by atoms with van der Waals surface area (Å²) >= 11 is 5.98. The number of carboxylic acid groups (broad SMARTS) is 1. The summed E-state index contributed by atoms with van der Waals surface area (Å²) in [6.45, 7) is 2.30. The summed E-state index contributed by atoms with van der Waals surface area (Å²) in [5.41, 5.74) is 2.76. The van der Waals surface area contributed by atoms with Crippen molar-refractivity contribution in [3.05, 3.63) is 29.0 Å². The molecule has 2 rings (SSSR count). The second-order valence-corrected chi connectivity index (χ2v) is 3.96. The molecule has 0 amide bonds. The van der Waals surface area contributed by atoms with E-state index in [9.17, 15) is 4.79 Å². The highest BCUT2D eigenvalue weighted by Crippen LogP contribution is 2.23. The van der Waals surface area contributed by atoms with Gasteiger partial charge < -0.3 is 9.67 Å². The molecule has 16 heavy (non-hydrogen) atoms.